The molecule has 1 fully saturated rings. The highest BCUT2D eigenvalue weighted by Crippen LogP contribution is 2.33. The van der Waals surface area contributed by atoms with E-state index in [4.69, 9.17) is 4.74 Å². The summed E-state index contributed by atoms with van der Waals surface area (Å²) in [6.07, 6.45) is -5.29. The first-order valence-electron chi connectivity index (χ1n) is 9.53. The minimum absolute atomic E-state index is 0.0153. The number of aliphatic hydroxyl groups excluding tert-OH is 3. The Hall–Kier alpha value is -2.83. The molecule has 0 bridgehead atoms. The van der Waals surface area contributed by atoms with E-state index in [-0.39, 0.29) is 5.69 Å². The molecule has 0 amide bonds. The number of aromatic amines is 1. The molecule has 3 heterocycles. The van der Waals surface area contributed by atoms with Crippen LogP contribution in [0.1, 0.15) is 6.23 Å². The van der Waals surface area contributed by atoms with Crippen molar-refractivity contribution in [3.05, 3.63) is 57.2 Å². The maximum atomic E-state index is 12.4. The molecule has 10 nitrogen and oxygen atoms in total. The van der Waals surface area contributed by atoms with Crippen molar-refractivity contribution in [3.8, 4) is 21.0 Å². The minimum atomic E-state index is -1.49. The smallest absolute Gasteiger partial charge is 0.347 e. The second-order valence-electron chi connectivity index (χ2n) is 7.39. The van der Waals surface area contributed by atoms with E-state index in [1.807, 2.05) is 49.3 Å². The number of anilines is 1. The topological polar surface area (TPSA) is 141 Å². The average molecular weight is 446 g/mol. The van der Waals surface area contributed by atoms with Crippen LogP contribution < -0.4 is 16.1 Å². The van der Waals surface area contributed by atoms with Gasteiger partial charge in [0.2, 0.25) is 0 Å². The van der Waals surface area contributed by atoms with Crippen molar-refractivity contribution in [3.63, 3.8) is 0 Å². The molecule has 1 aromatic carbocycles. The number of H-pyrrole nitrogens is 1. The van der Waals surface area contributed by atoms with E-state index < -0.39 is 42.4 Å². The van der Waals surface area contributed by atoms with Crippen LogP contribution in [0.15, 0.2) is 46.0 Å². The van der Waals surface area contributed by atoms with Crippen LogP contribution in [0.25, 0.3) is 21.0 Å². The molecular weight excluding hydrogens is 424 g/mol. The number of aromatic nitrogens is 3. The largest absolute Gasteiger partial charge is 0.394 e. The molecule has 1 aliphatic heterocycles. The summed E-state index contributed by atoms with van der Waals surface area (Å²) in [4.78, 5) is 30.3. The fourth-order valence-electron chi connectivity index (χ4n) is 3.37. The van der Waals surface area contributed by atoms with E-state index in [1.54, 1.807) is 6.07 Å². The Labute approximate surface area is 180 Å². The summed E-state index contributed by atoms with van der Waals surface area (Å²) in [5.74, 6) is 0. The summed E-state index contributed by atoms with van der Waals surface area (Å²) < 4.78 is 6.15. The van der Waals surface area contributed by atoms with E-state index in [2.05, 4.69) is 10.1 Å². The van der Waals surface area contributed by atoms with Gasteiger partial charge in [0.1, 0.15) is 18.3 Å². The number of aliphatic hydroxyl groups is 3. The van der Waals surface area contributed by atoms with Crippen molar-refractivity contribution in [2.24, 2.45) is 0 Å². The Bertz CT molecular complexity index is 1190. The lowest BCUT2D eigenvalue weighted by molar-refractivity contribution is -0.0616. The maximum absolute atomic E-state index is 12.4. The van der Waals surface area contributed by atoms with Crippen LogP contribution in [-0.4, -0.2) is 69.1 Å². The summed E-state index contributed by atoms with van der Waals surface area (Å²) in [6, 6.07) is 11.5. The average Bonchev–Trinajstić information content (AvgIpc) is 3.34. The van der Waals surface area contributed by atoms with E-state index in [9.17, 15) is 24.9 Å². The van der Waals surface area contributed by atoms with Gasteiger partial charge in [-0.25, -0.2) is 4.79 Å². The number of ether oxygens (including phenoxy) is 1. The molecule has 0 saturated carbocycles. The third-order valence-corrected chi connectivity index (χ3v) is 6.26. The van der Waals surface area contributed by atoms with Crippen molar-refractivity contribution in [1.29, 1.82) is 0 Å². The monoisotopic (exact) mass is 446 g/mol. The van der Waals surface area contributed by atoms with Gasteiger partial charge in [0.05, 0.1) is 11.5 Å². The lowest BCUT2D eigenvalue weighted by Crippen LogP contribution is -2.40. The van der Waals surface area contributed by atoms with Crippen LogP contribution in [0, 0.1) is 0 Å². The number of nitrogens with zero attached hydrogens (tertiary/aromatic N) is 3. The van der Waals surface area contributed by atoms with Gasteiger partial charge < -0.3 is 25.0 Å². The number of thiophene rings is 1. The van der Waals surface area contributed by atoms with Gasteiger partial charge in [-0.15, -0.1) is 11.3 Å². The molecule has 31 heavy (non-hydrogen) atoms. The lowest BCUT2D eigenvalue weighted by atomic mass is 10.1. The Morgan fingerprint density at radius 3 is 2.39 bits per heavy atom. The molecule has 11 heteroatoms. The first kappa shape index (κ1) is 21.4. The van der Waals surface area contributed by atoms with Crippen molar-refractivity contribution in [1.82, 2.24) is 14.8 Å². The van der Waals surface area contributed by atoms with E-state index in [1.165, 1.54) is 11.3 Å². The predicted octanol–water partition coefficient (Wildman–Crippen LogP) is 0.00460. The van der Waals surface area contributed by atoms with E-state index in [0.29, 0.717) is 4.88 Å². The summed E-state index contributed by atoms with van der Waals surface area (Å²) >= 11 is 1.33. The van der Waals surface area contributed by atoms with E-state index >= 15 is 0 Å². The van der Waals surface area contributed by atoms with Gasteiger partial charge in [0, 0.05) is 24.7 Å². The zero-order valence-corrected chi connectivity index (χ0v) is 17.6. The maximum Gasteiger partial charge on any atom is 0.347 e. The van der Waals surface area contributed by atoms with Crippen molar-refractivity contribution in [2.75, 3.05) is 25.6 Å². The molecule has 4 rings (SSSR count). The van der Waals surface area contributed by atoms with Crippen LogP contribution in [0.2, 0.25) is 0 Å². The van der Waals surface area contributed by atoms with Gasteiger partial charge in [0.25, 0.3) is 5.56 Å². The molecule has 3 aromatic rings. The van der Waals surface area contributed by atoms with Crippen LogP contribution in [0.4, 0.5) is 5.69 Å². The van der Waals surface area contributed by atoms with Crippen molar-refractivity contribution in [2.45, 2.75) is 24.5 Å². The van der Waals surface area contributed by atoms with Crippen LogP contribution in [-0.2, 0) is 4.74 Å². The molecule has 1 aliphatic rings. The van der Waals surface area contributed by atoms with Crippen LogP contribution in [0.5, 0.6) is 0 Å². The van der Waals surface area contributed by atoms with Gasteiger partial charge in [-0.2, -0.15) is 9.78 Å². The Kier molecular flexibility index (Phi) is 5.77. The fourth-order valence-corrected chi connectivity index (χ4v) is 4.37. The number of benzene rings is 1. The predicted molar refractivity (Wildman–Crippen MR) is 115 cm³/mol. The third-order valence-electron chi connectivity index (χ3n) is 5.12. The summed E-state index contributed by atoms with van der Waals surface area (Å²) in [5, 5.41) is 33.5. The first-order chi connectivity index (χ1) is 14.8. The third kappa shape index (κ3) is 3.93. The number of hydrogen-bond acceptors (Lipinski definition) is 9. The summed E-state index contributed by atoms with van der Waals surface area (Å²) in [6.45, 7) is -0.541. The van der Waals surface area contributed by atoms with Gasteiger partial charge in [-0.3, -0.25) is 9.78 Å². The lowest BCUT2D eigenvalue weighted by Gasteiger charge is -2.16. The van der Waals surface area contributed by atoms with Crippen LogP contribution >= 0.6 is 11.3 Å². The van der Waals surface area contributed by atoms with Gasteiger partial charge in [-0.1, -0.05) is 12.1 Å². The zero-order valence-electron chi connectivity index (χ0n) is 16.8. The molecule has 0 unspecified atom stereocenters. The molecule has 4 N–H and O–H groups in total. The van der Waals surface area contributed by atoms with Crippen molar-refractivity contribution >= 4 is 17.0 Å². The van der Waals surface area contributed by atoms with Gasteiger partial charge in [0.15, 0.2) is 11.9 Å². The van der Waals surface area contributed by atoms with Gasteiger partial charge in [-0.05, 0) is 29.8 Å². The quantitative estimate of drug-likeness (QED) is 0.429. The second kappa shape index (κ2) is 8.36. The number of hydrogen-bond donors (Lipinski definition) is 4. The molecule has 0 aliphatic carbocycles. The fraction of sp³-hybridized carbons (Fsp3) is 0.350. The SMILES string of the molecule is CN(C)c1ccc(-c2ccc(-c3nn([C@@H]4O[C@H](CO)[C@@H](O)[C@H]4O)c(=O)[nH]c3=O)s2)cc1. The Balaban J connectivity index is 1.69. The molecule has 0 radical (unpaired) electrons. The molecular formula is C20H22N4O6S. The highest BCUT2D eigenvalue weighted by molar-refractivity contribution is 7.18. The van der Waals surface area contributed by atoms with Crippen LogP contribution in [0.3, 0.4) is 0 Å². The number of nitrogens with one attached hydrogen (secondary N) is 1. The second-order valence-corrected chi connectivity index (χ2v) is 8.47. The molecule has 2 aromatic heterocycles. The normalized spacial score (nSPS) is 23.3. The minimum Gasteiger partial charge on any atom is -0.394 e. The molecule has 1 saturated heterocycles. The van der Waals surface area contributed by atoms with Crippen molar-refractivity contribution < 1.29 is 20.1 Å². The number of rotatable bonds is 5. The Morgan fingerprint density at radius 2 is 1.77 bits per heavy atom. The van der Waals surface area contributed by atoms with E-state index in [0.717, 1.165) is 20.8 Å². The molecule has 0 spiro atoms. The summed E-state index contributed by atoms with van der Waals surface area (Å²) in [5.41, 5.74) is 0.446. The summed E-state index contributed by atoms with van der Waals surface area (Å²) in [7, 11) is 3.91. The molecule has 164 valence electrons. The highest BCUT2D eigenvalue weighted by Gasteiger charge is 2.44. The highest BCUT2D eigenvalue weighted by atomic mass is 32.1. The first-order valence-corrected chi connectivity index (χ1v) is 10.4. The Morgan fingerprint density at radius 1 is 1.10 bits per heavy atom. The molecule has 4 atom stereocenters. The zero-order chi connectivity index (χ0) is 22.3. The standard InChI is InChI=1S/C20H22N4O6S/c1-23(2)11-5-3-10(4-6-11)13-7-8-14(31-13)15-18(28)21-20(29)24(22-15)19-17(27)16(26)12(9-25)30-19/h3-8,12,16-17,19,25-27H,9H2,1-2H3,(H,21,28,29)/t12-,16-,17-,19-/m1/s1. The van der Waals surface area contributed by atoms with Gasteiger partial charge >= 0.3 is 5.69 Å².